The summed E-state index contributed by atoms with van der Waals surface area (Å²) in [6, 6.07) is 7.97. The molecule has 0 unspecified atom stereocenters. The van der Waals surface area contributed by atoms with Crippen LogP contribution in [-0.2, 0) is 17.2 Å². The molecule has 2 aromatic heterocycles. The number of aromatic nitrogens is 3. The van der Waals surface area contributed by atoms with Crippen LogP contribution in [0.15, 0.2) is 29.1 Å². The molecule has 2 N–H and O–H groups in total. The first-order valence-corrected chi connectivity index (χ1v) is 11.5. The molecule has 3 heterocycles. The van der Waals surface area contributed by atoms with Gasteiger partial charge in [-0.15, -0.1) is 0 Å². The number of benzene rings is 1. The Kier molecular flexibility index (Phi) is 5.48. The van der Waals surface area contributed by atoms with Crippen molar-refractivity contribution in [1.29, 1.82) is 0 Å². The molecule has 2 fully saturated rings. The van der Waals surface area contributed by atoms with E-state index in [9.17, 15) is 9.59 Å². The molecule has 3 aromatic rings. The fourth-order valence-corrected chi connectivity index (χ4v) is 4.93. The Morgan fingerprint density at radius 1 is 1.30 bits per heavy atom. The summed E-state index contributed by atoms with van der Waals surface area (Å²) in [6.45, 7) is 3.74. The largest absolute Gasteiger partial charge is 0.496 e. The van der Waals surface area contributed by atoms with Crippen LogP contribution in [0.1, 0.15) is 58.8 Å². The maximum absolute atomic E-state index is 13.5. The van der Waals surface area contributed by atoms with Gasteiger partial charge in [-0.25, -0.2) is 4.98 Å². The fourth-order valence-electron chi connectivity index (χ4n) is 4.93. The highest BCUT2D eigenvalue weighted by molar-refractivity contribution is 6.05. The first-order valence-electron chi connectivity index (χ1n) is 11.5. The summed E-state index contributed by atoms with van der Waals surface area (Å²) in [5, 5.41) is 6.24. The number of ether oxygens (including phenoxy) is 2. The van der Waals surface area contributed by atoms with Crippen molar-refractivity contribution in [3.63, 3.8) is 0 Å². The maximum atomic E-state index is 13.5. The third-order valence-electron chi connectivity index (χ3n) is 7.04. The van der Waals surface area contributed by atoms with Gasteiger partial charge in [-0.1, -0.05) is 17.7 Å². The zero-order chi connectivity index (χ0) is 23.2. The number of carbonyl (C=O) groups excluding carboxylic acids is 1. The molecule has 0 atom stereocenters. The Hall–Kier alpha value is -3.13. The Morgan fingerprint density at radius 3 is 2.76 bits per heavy atom. The number of pyridine rings is 1. The van der Waals surface area contributed by atoms with Gasteiger partial charge in [-0.05, 0) is 44.7 Å². The highest BCUT2D eigenvalue weighted by atomic mass is 16.5. The summed E-state index contributed by atoms with van der Waals surface area (Å²) < 4.78 is 12.9. The van der Waals surface area contributed by atoms with Gasteiger partial charge in [0.2, 0.25) is 0 Å². The molecule has 174 valence electrons. The first-order chi connectivity index (χ1) is 15.9. The van der Waals surface area contributed by atoms with Gasteiger partial charge in [0.25, 0.3) is 11.5 Å². The van der Waals surface area contributed by atoms with Crippen LogP contribution in [-0.4, -0.2) is 47.5 Å². The molecule has 1 saturated heterocycles. The Morgan fingerprint density at radius 2 is 2.06 bits per heavy atom. The van der Waals surface area contributed by atoms with E-state index in [1.54, 1.807) is 24.9 Å². The summed E-state index contributed by atoms with van der Waals surface area (Å²) in [5.41, 5.74) is 3.42. The molecule has 2 aliphatic rings. The number of methoxy groups -OCH3 is 1. The number of aryl methyl sites for hydroxylation is 2. The molecule has 8 nitrogen and oxygen atoms in total. The third kappa shape index (κ3) is 3.93. The van der Waals surface area contributed by atoms with Crippen molar-refractivity contribution in [2.24, 2.45) is 7.05 Å². The number of nitrogens with one attached hydrogen (secondary N) is 2. The van der Waals surface area contributed by atoms with Crippen LogP contribution in [0.2, 0.25) is 0 Å². The number of hydrogen-bond donors (Lipinski definition) is 2. The zero-order valence-corrected chi connectivity index (χ0v) is 19.4. The number of amides is 1. The van der Waals surface area contributed by atoms with Crippen molar-refractivity contribution in [3.05, 3.63) is 57.0 Å². The monoisotopic (exact) mass is 450 g/mol. The van der Waals surface area contributed by atoms with Crippen LogP contribution in [0.5, 0.6) is 5.75 Å². The molecule has 1 aliphatic carbocycles. The van der Waals surface area contributed by atoms with Gasteiger partial charge >= 0.3 is 0 Å². The van der Waals surface area contributed by atoms with Gasteiger partial charge in [0.15, 0.2) is 5.65 Å². The van der Waals surface area contributed by atoms with Gasteiger partial charge in [0.1, 0.15) is 5.75 Å². The van der Waals surface area contributed by atoms with E-state index in [0.717, 1.165) is 48.3 Å². The van der Waals surface area contributed by atoms with Crippen molar-refractivity contribution in [1.82, 2.24) is 20.1 Å². The van der Waals surface area contributed by atoms with Crippen LogP contribution in [0.25, 0.3) is 11.0 Å². The molecular weight excluding hydrogens is 420 g/mol. The molecular formula is C25H30N4O4. The van der Waals surface area contributed by atoms with Crippen molar-refractivity contribution in [3.8, 4) is 5.75 Å². The number of nitrogens with zero attached hydrogens (tertiary/aromatic N) is 2. The molecule has 5 rings (SSSR count). The second-order valence-electron chi connectivity index (χ2n) is 9.35. The van der Waals surface area contributed by atoms with Crippen LogP contribution >= 0.6 is 0 Å². The maximum Gasteiger partial charge on any atom is 0.274 e. The van der Waals surface area contributed by atoms with E-state index in [1.807, 2.05) is 12.1 Å². The first kappa shape index (κ1) is 21.7. The second kappa shape index (κ2) is 8.33. The minimum absolute atomic E-state index is 0.251. The summed E-state index contributed by atoms with van der Waals surface area (Å²) >= 11 is 0. The lowest BCUT2D eigenvalue weighted by Crippen LogP contribution is -2.45. The molecule has 1 aliphatic heterocycles. The number of fused-ring (bicyclic) bond motifs is 1. The number of H-pyrrole nitrogens is 1. The van der Waals surface area contributed by atoms with Crippen molar-refractivity contribution in [2.45, 2.75) is 43.9 Å². The van der Waals surface area contributed by atoms with E-state index in [-0.39, 0.29) is 16.9 Å². The van der Waals surface area contributed by atoms with Crippen LogP contribution < -0.4 is 15.6 Å². The highest BCUT2D eigenvalue weighted by Crippen LogP contribution is 2.41. The average Bonchev–Trinajstić information content (AvgIpc) is 3.63. The molecule has 8 heteroatoms. The molecule has 33 heavy (non-hydrogen) atoms. The molecule has 1 aromatic carbocycles. The predicted molar refractivity (Wildman–Crippen MR) is 125 cm³/mol. The van der Waals surface area contributed by atoms with E-state index in [0.29, 0.717) is 42.3 Å². The molecule has 0 radical (unpaired) electrons. The van der Waals surface area contributed by atoms with Gasteiger partial charge in [-0.3, -0.25) is 19.4 Å². The van der Waals surface area contributed by atoms with Crippen molar-refractivity contribution in [2.75, 3.05) is 26.9 Å². The molecule has 1 saturated carbocycles. The lowest BCUT2D eigenvalue weighted by atomic mass is 9.73. The van der Waals surface area contributed by atoms with Crippen LogP contribution in [0, 0.1) is 6.92 Å². The lowest BCUT2D eigenvalue weighted by molar-refractivity contribution is 0.0479. The van der Waals surface area contributed by atoms with E-state index in [2.05, 4.69) is 28.4 Å². The minimum Gasteiger partial charge on any atom is -0.496 e. The Bertz CT molecular complexity index is 1270. The summed E-state index contributed by atoms with van der Waals surface area (Å²) in [6.07, 6.45) is 3.68. The lowest BCUT2D eigenvalue weighted by Gasteiger charge is -2.39. The Balaban J connectivity index is 1.50. The van der Waals surface area contributed by atoms with Gasteiger partial charge in [-0.2, -0.15) is 0 Å². The van der Waals surface area contributed by atoms with E-state index >= 15 is 0 Å². The Labute approximate surface area is 192 Å². The number of hydrogen-bond acceptors (Lipinski definition) is 5. The van der Waals surface area contributed by atoms with Crippen molar-refractivity contribution < 1.29 is 14.3 Å². The number of carbonyl (C=O) groups is 1. The topological polar surface area (TPSA) is 98.2 Å². The number of aromatic amines is 1. The quantitative estimate of drug-likeness (QED) is 0.602. The van der Waals surface area contributed by atoms with E-state index < -0.39 is 0 Å². The smallest absolute Gasteiger partial charge is 0.274 e. The molecule has 0 spiro atoms. The molecule has 0 bridgehead atoms. The summed E-state index contributed by atoms with van der Waals surface area (Å²) in [7, 11) is 3.42. The van der Waals surface area contributed by atoms with E-state index in [1.165, 1.54) is 0 Å². The van der Waals surface area contributed by atoms with Crippen LogP contribution in [0.4, 0.5) is 0 Å². The summed E-state index contributed by atoms with van der Waals surface area (Å²) in [5.74, 6) is 0.932. The molecule has 1 amide bonds. The fraction of sp³-hybridized carbons (Fsp3) is 0.480. The van der Waals surface area contributed by atoms with Gasteiger partial charge in [0.05, 0.1) is 18.1 Å². The minimum atomic E-state index is -0.306. The van der Waals surface area contributed by atoms with Gasteiger partial charge < -0.3 is 14.8 Å². The third-order valence-corrected chi connectivity index (χ3v) is 7.04. The SMILES string of the molecule is COc1ccc(C)cc1C1(CNC(=O)c2cc(C3CC3)nc3c2c(=O)[nH]n3C)CCOCC1. The van der Waals surface area contributed by atoms with Crippen molar-refractivity contribution >= 4 is 16.9 Å². The highest BCUT2D eigenvalue weighted by Gasteiger charge is 2.38. The normalized spacial score (nSPS) is 17.8. The van der Waals surface area contributed by atoms with E-state index in [4.69, 9.17) is 9.47 Å². The average molecular weight is 451 g/mol. The van der Waals surface area contributed by atoms with Gasteiger partial charge in [0, 0.05) is 49.4 Å². The van der Waals surface area contributed by atoms with Crippen LogP contribution in [0.3, 0.4) is 0 Å². The number of rotatable bonds is 6. The standard InChI is InChI=1S/C25H30N4O4/c1-15-4-7-20(32-3)18(12-15)25(8-10-33-11-9-25)14-26-23(30)17-13-19(16-5-6-16)27-22-21(17)24(31)28-29(22)2/h4,7,12-13,16H,5-6,8-11,14H2,1-3H3,(H,26,30)(H,28,31). The second-order valence-corrected chi connectivity index (χ2v) is 9.35. The zero-order valence-electron chi connectivity index (χ0n) is 19.4. The predicted octanol–water partition coefficient (Wildman–Crippen LogP) is 2.93. The summed E-state index contributed by atoms with van der Waals surface area (Å²) in [4.78, 5) is 30.8.